The van der Waals surface area contributed by atoms with Crippen LogP contribution in [0.2, 0.25) is 0 Å². The number of benzene rings is 1. The smallest absolute Gasteiger partial charge is 0.231 e. The highest BCUT2D eigenvalue weighted by Gasteiger charge is 2.13. The second-order valence-electron chi connectivity index (χ2n) is 4.88. The topological polar surface area (TPSA) is 64.1 Å². The molecular weight excluding hydrogens is 270 g/mol. The average Bonchev–Trinajstić information content (AvgIpc) is 2.92. The molecule has 1 aliphatic rings. The van der Waals surface area contributed by atoms with Crippen LogP contribution in [0.1, 0.15) is 19.4 Å². The number of rotatable bonds is 6. The molecule has 21 heavy (non-hydrogen) atoms. The number of ether oxygens (including phenoxy) is 3. The van der Waals surface area contributed by atoms with E-state index in [-0.39, 0.29) is 6.04 Å². The van der Waals surface area contributed by atoms with Gasteiger partial charge in [0.1, 0.15) is 0 Å². The maximum absolute atomic E-state index is 5.37. The molecule has 0 saturated heterocycles. The van der Waals surface area contributed by atoms with Crippen LogP contribution in [0.25, 0.3) is 0 Å². The lowest BCUT2D eigenvalue weighted by molar-refractivity contribution is 0.174. The minimum atomic E-state index is 0.199. The van der Waals surface area contributed by atoms with Gasteiger partial charge < -0.3 is 24.8 Å². The Morgan fingerprint density at radius 2 is 2.19 bits per heavy atom. The molecule has 1 atom stereocenters. The molecule has 0 radical (unpaired) electrons. The van der Waals surface area contributed by atoms with Crippen LogP contribution in [-0.4, -0.2) is 39.1 Å². The average molecular weight is 293 g/mol. The number of aliphatic imine (C=N–C) groups is 1. The fraction of sp³-hybridized carbons (Fsp3) is 0.533. The Morgan fingerprint density at radius 1 is 1.38 bits per heavy atom. The molecule has 0 spiro atoms. The van der Waals surface area contributed by atoms with E-state index in [0.29, 0.717) is 19.9 Å². The van der Waals surface area contributed by atoms with E-state index in [0.717, 1.165) is 29.6 Å². The Morgan fingerprint density at radius 3 is 2.95 bits per heavy atom. The van der Waals surface area contributed by atoms with Crippen molar-refractivity contribution in [2.45, 2.75) is 26.4 Å². The van der Waals surface area contributed by atoms with Gasteiger partial charge >= 0.3 is 0 Å². The van der Waals surface area contributed by atoms with Gasteiger partial charge in [0.2, 0.25) is 6.79 Å². The van der Waals surface area contributed by atoms with Crippen LogP contribution in [-0.2, 0) is 11.3 Å². The van der Waals surface area contributed by atoms with Crippen molar-refractivity contribution in [3.8, 4) is 11.5 Å². The monoisotopic (exact) mass is 293 g/mol. The maximum atomic E-state index is 5.37. The van der Waals surface area contributed by atoms with Crippen LogP contribution in [0.4, 0.5) is 0 Å². The van der Waals surface area contributed by atoms with Crippen molar-refractivity contribution in [1.82, 2.24) is 10.6 Å². The second kappa shape index (κ2) is 7.73. The standard InChI is InChI=1S/C15H23N3O3/c1-4-16-15(18-11(2)9-19-3)17-8-12-5-6-13-14(7-12)21-10-20-13/h5-7,11H,4,8-10H2,1-3H3,(H2,16,17,18). The van der Waals surface area contributed by atoms with Gasteiger partial charge in [0.15, 0.2) is 17.5 Å². The molecule has 0 aliphatic carbocycles. The van der Waals surface area contributed by atoms with E-state index in [9.17, 15) is 0 Å². The highest BCUT2D eigenvalue weighted by Crippen LogP contribution is 2.32. The zero-order valence-corrected chi connectivity index (χ0v) is 12.8. The zero-order chi connectivity index (χ0) is 15.1. The Hall–Kier alpha value is -1.95. The van der Waals surface area contributed by atoms with Gasteiger partial charge in [-0.05, 0) is 31.5 Å². The highest BCUT2D eigenvalue weighted by molar-refractivity contribution is 5.80. The molecular formula is C15H23N3O3. The van der Waals surface area contributed by atoms with Gasteiger partial charge in [-0.3, -0.25) is 0 Å². The fourth-order valence-corrected chi connectivity index (χ4v) is 2.05. The molecule has 0 bridgehead atoms. The van der Waals surface area contributed by atoms with E-state index in [2.05, 4.69) is 22.5 Å². The van der Waals surface area contributed by atoms with Crippen LogP contribution in [0.5, 0.6) is 11.5 Å². The van der Waals surface area contributed by atoms with Crippen molar-refractivity contribution < 1.29 is 14.2 Å². The second-order valence-corrected chi connectivity index (χ2v) is 4.88. The van der Waals surface area contributed by atoms with E-state index < -0.39 is 0 Å². The minimum absolute atomic E-state index is 0.199. The van der Waals surface area contributed by atoms with Gasteiger partial charge in [-0.15, -0.1) is 0 Å². The summed E-state index contributed by atoms with van der Waals surface area (Å²) >= 11 is 0. The van der Waals surface area contributed by atoms with Crippen LogP contribution >= 0.6 is 0 Å². The maximum Gasteiger partial charge on any atom is 0.231 e. The number of nitrogens with zero attached hydrogens (tertiary/aromatic N) is 1. The number of fused-ring (bicyclic) bond motifs is 1. The van der Waals surface area contributed by atoms with Gasteiger partial charge in [-0.1, -0.05) is 6.07 Å². The van der Waals surface area contributed by atoms with Gasteiger partial charge in [-0.25, -0.2) is 4.99 Å². The minimum Gasteiger partial charge on any atom is -0.454 e. The molecule has 0 aromatic heterocycles. The van der Waals surface area contributed by atoms with Gasteiger partial charge in [0.25, 0.3) is 0 Å². The summed E-state index contributed by atoms with van der Waals surface area (Å²) in [5.41, 5.74) is 1.08. The first-order valence-corrected chi connectivity index (χ1v) is 7.15. The van der Waals surface area contributed by atoms with E-state index >= 15 is 0 Å². The van der Waals surface area contributed by atoms with Gasteiger partial charge in [0.05, 0.1) is 13.2 Å². The van der Waals surface area contributed by atoms with Crippen LogP contribution < -0.4 is 20.1 Å². The van der Waals surface area contributed by atoms with Crippen LogP contribution in [0, 0.1) is 0 Å². The van der Waals surface area contributed by atoms with Crippen LogP contribution in [0.15, 0.2) is 23.2 Å². The summed E-state index contributed by atoms with van der Waals surface area (Å²) < 4.78 is 15.8. The molecule has 1 aromatic rings. The molecule has 6 nitrogen and oxygen atoms in total. The van der Waals surface area contributed by atoms with E-state index in [1.165, 1.54) is 0 Å². The summed E-state index contributed by atoms with van der Waals surface area (Å²) in [7, 11) is 1.69. The lowest BCUT2D eigenvalue weighted by Crippen LogP contribution is -2.43. The molecule has 2 N–H and O–H groups in total. The molecule has 1 heterocycles. The number of hydrogen-bond acceptors (Lipinski definition) is 4. The molecule has 0 amide bonds. The highest BCUT2D eigenvalue weighted by atomic mass is 16.7. The summed E-state index contributed by atoms with van der Waals surface area (Å²) in [6.07, 6.45) is 0. The van der Waals surface area contributed by atoms with Crippen molar-refractivity contribution >= 4 is 5.96 Å². The van der Waals surface area contributed by atoms with Crippen molar-refractivity contribution in [2.75, 3.05) is 27.1 Å². The van der Waals surface area contributed by atoms with Crippen molar-refractivity contribution in [3.05, 3.63) is 23.8 Å². The SMILES string of the molecule is CCNC(=NCc1ccc2c(c1)OCO2)NC(C)COC. The Labute approximate surface area is 125 Å². The zero-order valence-electron chi connectivity index (χ0n) is 12.8. The van der Waals surface area contributed by atoms with E-state index in [1.807, 2.05) is 25.1 Å². The van der Waals surface area contributed by atoms with Gasteiger partial charge in [-0.2, -0.15) is 0 Å². The Balaban J connectivity index is 1.98. The first kappa shape index (κ1) is 15.4. The molecule has 116 valence electrons. The van der Waals surface area contributed by atoms with Gasteiger partial charge in [0, 0.05) is 19.7 Å². The third-order valence-electron chi connectivity index (χ3n) is 3.00. The van der Waals surface area contributed by atoms with Crippen LogP contribution in [0.3, 0.4) is 0 Å². The van der Waals surface area contributed by atoms with E-state index in [1.54, 1.807) is 7.11 Å². The summed E-state index contributed by atoms with van der Waals surface area (Å²) in [5, 5.41) is 6.52. The number of guanidine groups is 1. The molecule has 1 aromatic carbocycles. The predicted molar refractivity (Wildman–Crippen MR) is 81.9 cm³/mol. The molecule has 2 rings (SSSR count). The van der Waals surface area contributed by atoms with Crippen molar-refractivity contribution in [2.24, 2.45) is 4.99 Å². The summed E-state index contributed by atoms with van der Waals surface area (Å²) in [6.45, 7) is 6.41. The Bertz CT molecular complexity index is 491. The van der Waals surface area contributed by atoms with Crippen molar-refractivity contribution in [3.63, 3.8) is 0 Å². The largest absolute Gasteiger partial charge is 0.454 e. The molecule has 0 fully saturated rings. The molecule has 6 heteroatoms. The third kappa shape index (κ3) is 4.53. The predicted octanol–water partition coefficient (Wildman–Crippen LogP) is 1.51. The molecule has 1 unspecified atom stereocenters. The lowest BCUT2D eigenvalue weighted by Gasteiger charge is -2.17. The third-order valence-corrected chi connectivity index (χ3v) is 3.00. The fourth-order valence-electron chi connectivity index (χ4n) is 2.05. The number of methoxy groups -OCH3 is 1. The first-order valence-electron chi connectivity index (χ1n) is 7.15. The number of hydrogen-bond donors (Lipinski definition) is 2. The molecule has 0 saturated carbocycles. The van der Waals surface area contributed by atoms with E-state index in [4.69, 9.17) is 14.2 Å². The molecule has 1 aliphatic heterocycles. The summed E-state index contributed by atoms with van der Waals surface area (Å²) in [5.74, 6) is 2.36. The number of nitrogens with one attached hydrogen (secondary N) is 2. The summed E-state index contributed by atoms with van der Waals surface area (Å²) in [4.78, 5) is 4.57. The quantitative estimate of drug-likeness (QED) is 0.615. The first-order chi connectivity index (χ1) is 10.2. The summed E-state index contributed by atoms with van der Waals surface area (Å²) in [6, 6.07) is 6.08. The Kier molecular flexibility index (Phi) is 5.68. The van der Waals surface area contributed by atoms with Crippen molar-refractivity contribution in [1.29, 1.82) is 0 Å². The normalized spacial score (nSPS) is 14.9. The lowest BCUT2D eigenvalue weighted by atomic mass is 10.2.